The number of hydrogen-bond acceptors (Lipinski definition) is 6. The first-order valence-electron chi connectivity index (χ1n) is 9.64. The number of aliphatic carboxylic acids is 1. The number of amides is 3. The van der Waals surface area contributed by atoms with Crippen molar-refractivity contribution in [2.45, 2.75) is 44.8 Å². The molecule has 0 aliphatic carbocycles. The van der Waals surface area contributed by atoms with Crippen LogP contribution in [0, 0.1) is 5.92 Å². The van der Waals surface area contributed by atoms with Crippen molar-refractivity contribution in [2.24, 2.45) is 11.7 Å². The second-order valence-electron chi connectivity index (χ2n) is 7.35. The second kappa shape index (κ2) is 12.9. The first-order chi connectivity index (χ1) is 14.1. The highest BCUT2D eigenvalue weighted by Gasteiger charge is 2.27. The second-order valence-corrected chi connectivity index (χ2v) is 7.71. The Morgan fingerprint density at radius 3 is 2.20 bits per heavy atom. The van der Waals surface area contributed by atoms with Crippen LogP contribution in [0.2, 0.25) is 0 Å². The summed E-state index contributed by atoms with van der Waals surface area (Å²) in [5.41, 5.74) is 6.32. The van der Waals surface area contributed by atoms with E-state index in [0.717, 1.165) is 5.56 Å². The van der Waals surface area contributed by atoms with Crippen molar-refractivity contribution in [1.29, 1.82) is 0 Å². The molecule has 30 heavy (non-hydrogen) atoms. The number of carboxylic acid groups (broad SMARTS) is 1. The summed E-state index contributed by atoms with van der Waals surface area (Å²) in [6.45, 7) is 3.33. The van der Waals surface area contributed by atoms with E-state index in [1.165, 1.54) is 0 Å². The van der Waals surface area contributed by atoms with Crippen LogP contribution in [0.3, 0.4) is 0 Å². The van der Waals surface area contributed by atoms with Crippen LogP contribution in [0.5, 0.6) is 0 Å². The number of thiol groups is 1. The van der Waals surface area contributed by atoms with Gasteiger partial charge in [-0.15, -0.1) is 0 Å². The van der Waals surface area contributed by atoms with Crippen molar-refractivity contribution >= 4 is 36.3 Å². The van der Waals surface area contributed by atoms with E-state index < -0.39 is 41.8 Å². The summed E-state index contributed by atoms with van der Waals surface area (Å²) in [6, 6.07) is 6.07. The first-order valence-corrected chi connectivity index (χ1v) is 10.3. The minimum absolute atomic E-state index is 0.0554. The van der Waals surface area contributed by atoms with E-state index in [1.807, 2.05) is 19.9 Å². The molecule has 166 valence electrons. The molecule has 0 aromatic heterocycles. The maximum Gasteiger partial charge on any atom is 0.326 e. The molecule has 0 spiro atoms. The molecule has 3 amide bonds. The Labute approximate surface area is 181 Å². The molecule has 0 saturated carbocycles. The Balaban J connectivity index is 2.85. The van der Waals surface area contributed by atoms with Crippen molar-refractivity contribution in [3.8, 4) is 0 Å². The van der Waals surface area contributed by atoms with Gasteiger partial charge in [0.1, 0.15) is 12.1 Å². The Hall–Kier alpha value is -2.59. The lowest BCUT2D eigenvalue weighted by atomic mass is 10.0. The zero-order chi connectivity index (χ0) is 22.7. The molecular weight excluding hydrogens is 408 g/mol. The number of carbonyl (C=O) groups is 4. The number of benzene rings is 1. The van der Waals surface area contributed by atoms with Crippen LogP contribution >= 0.6 is 12.6 Å². The van der Waals surface area contributed by atoms with Crippen LogP contribution in [0.1, 0.15) is 25.8 Å². The smallest absolute Gasteiger partial charge is 0.326 e. The topological polar surface area (TPSA) is 151 Å². The van der Waals surface area contributed by atoms with Gasteiger partial charge in [0.05, 0.1) is 12.6 Å². The van der Waals surface area contributed by atoms with Gasteiger partial charge in [-0.2, -0.15) is 12.6 Å². The predicted molar refractivity (Wildman–Crippen MR) is 116 cm³/mol. The average Bonchev–Trinajstić information content (AvgIpc) is 2.70. The van der Waals surface area contributed by atoms with Crippen LogP contribution in [0.15, 0.2) is 30.3 Å². The molecule has 0 saturated heterocycles. The minimum atomic E-state index is -1.14. The van der Waals surface area contributed by atoms with E-state index in [0.29, 0.717) is 0 Å². The molecule has 0 fully saturated rings. The fourth-order valence-electron chi connectivity index (χ4n) is 2.65. The molecule has 1 aromatic rings. The number of carbonyl (C=O) groups excluding carboxylic acids is 3. The highest BCUT2D eigenvalue weighted by Crippen LogP contribution is 2.08. The van der Waals surface area contributed by atoms with Crippen molar-refractivity contribution in [3.63, 3.8) is 0 Å². The van der Waals surface area contributed by atoms with Crippen molar-refractivity contribution < 1.29 is 24.3 Å². The zero-order valence-corrected chi connectivity index (χ0v) is 18.0. The van der Waals surface area contributed by atoms with Gasteiger partial charge in [-0.1, -0.05) is 44.2 Å². The number of nitrogens with two attached hydrogens (primary N) is 1. The maximum atomic E-state index is 12.8. The molecule has 0 unspecified atom stereocenters. The summed E-state index contributed by atoms with van der Waals surface area (Å²) < 4.78 is 0. The summed E-state index contributed by atoms with van der Waals surface area (Å²) in [6.07, 6.45) is 0.418. The third kappa shape index (κ3) is 9.27. The molecule has 9 nitrogen and oxygen atoms in total. The molecule has 0 bridgehead atoms. The van der Waals surface area contributed by atoms with Crippen LogP contribution in [0.25, 0.3) is 0 Å². The Morgan fingerprint density at radius 1 is 1.03 bits per heavy atom. The molecule has 0 aliphatic heterocycles. The van der Waals surface area contributed by atoms with Crippen molar-refractivity contribution in [2.75, 3.05) is 12.3 Å². The standard InChI is InChI=1S/C20H30N4O5S/c1-12(2)8-16(20(28)29)24-19(27)15(9-13-6-4-3-5-7-13)23-17(25)10-22-18(26)14(21)11-30/h3-7,12,14-16,30H,8-11,21H2,1-2H3,(H,22,26)(H,23,25)(H,24,27)(H,28,29)/t14-,15-,16-/m0/s1. The van der Waals surface area contributed by atoms with Crippen LogP contribution in [0.4, 0.5) is 0 Å². The van der Waals surface area contributed by atoms with Crippen LogP contribution in [-0.2, 0) is 25.6 Å². The third-order valence-electron chi connectivity index (χ3n) is 4.21. The van der Waals surface area contributed by atoms with Gasteiger partial charge in [-0.25, -0.2) is 4.79 Å². The molecule has 10 heteroatoms. The summed E-state index contributed by atoms with van der Waals surface area (Å²) in [5, 5.41) is 16.8. The molecule has 1 rings (SSSR count). The predicted octanol–water partition coefficient (Wildman–Crippen LogP) is -0.297. The number of nitrogens with one attached hydrogen (secondary N) is 3. The maximum absolute atomic E-state index is 12.8. The van der Waals surface area contributed by atoms with Crippen molar-refractivity contribution in [1.82, 2.24) is 16.0 Å². The summed E-state index contributed by atoms with van der Waals surface area (Å²) in [5.74, 6) is -2.71. The van der Waals surface area contributed by atoms with Gasteiger partial charge in [-0.05, 0) is 17.9 Å². The third-order valence-corrected chi connectivity index (χ3v) is 4.61. The SMILES string of the molecule is CC(C)C[C@H](NC(=O)[C@H](Cc1ccccc1)NC(=O)CNC(=O)[C@@H](N)CS)C(=O)O. The van der Waals surface area contributed by atoms with Gasteiger partial charge in [0.25, 0.3) is 0 Å². The van der Waals surface area contributed by atoms with Crippen LogP contribution < -0.4 is 21.7 Å². The highest BCUT2D eigenvalue weighted by molar-refractivity contribution is 7.80. The summed E-state index contributed by atoms with van der Waals surface area (Å²) >= 11 is 3.92. The fraction of sp³-hybridized carbons (Fsp3) is 0.500. The largest absolute Gasteiger partial charge is 0.480 e. The Morgan fingerprint density at radius 2 is 1.67 bits per heavy atom. The van der Waals surface area contributed by atoms with Gasteiger partial charge in [0.15, 0.2) is 0 Å². The van der Waals surface area contributed by atoms with Gasteiger partial charge in [-0.3, -0.25) is 14.4 Å². The van der Waals surface area contributed by atoms with E-state index in [2.05, 4.69) is 28.6 Å². The highest BCUT2D eigenvalue weighted by atomic mass is 32.1. The number of rotatable bonds is 12. The zero-order valence-electron chi connectivity index (χ0n) is 17.1. The molecule has 3 atom stereocenters. The lowest BCUT2D eigenvalue weighted by Crippen LogP contribution is -2.54. The fourth-order valence-corrected chi connectivity index (χ4v) is 2.82. The lowest BCUT2D eigenvalue weighted by molar-refractivity contribution is -0.142. The average molecular weight is 439 g/mol. The van der Waals surface area contributed by atoms with E-state index in [-0.39, 0.29) is 31.1 Å². The van der Waals surface area contributed by atoms with E-state index in [1.54, 1.807) is 24.3 Å². The molecular formula is C20H30N4O5S. The lowest BCUT2D eigenvalue weighted by Gasteiger charge is -2.22. The van der Waals surface area contributed by atoms with Gasteiger partial charge in [0.2, 0.25) is 17.7 Å². The molecule has 0 aliphatic rings. The molecule has 0 heterocycles. The summed E-state index contributed by atoms with van der Waals surface area (Å²) in [4.78, 5) is 48.2. The molecule has 1 aromatic carbocycles. The minimum Gasteiger partial charge on any atom is -0.480 e. The Kier molecular flexibility index (Phi) is 10.9. The number of hydrogen-bond donors (Lipinski definition) is 6. The molecule has 6 N–H and O–H groups in total. The van der Waals surface area contributed by atoms with Crippen molar-refractivity contribution in [3.05, 3.63) is 35.9 Å². The van der Waals surface area contributed by atoms with E-state index in [9.17, 15) is 24.3 Å². The van der Waals surface area contributed by atoms with Gasteiger partial charge < -0.3 is 26.8 Å². The van der Waals surface area contributed by atoms with Gasteiger partial charge >= 0.3 is 5.97 Å². The quantitative estimate of drug-likeness (QED) is 0.247. The monoisotopic (exact) mass is 438 g/mol. The normalized spacial score (nSPS) is 13.8. The van der Waals surface area contributed by atoms with E-state index in [4.69, 9.17) is 5.73 Å². The van der Waals surface area contributed by atoms with E-state index >= 15 is 0 Å². The Bertz CT molecular complexity index is 729. The van der Waals surface area contributed by atoms with Crippen LogP contribution in [-0.4, -0.2) is 59.2 Å². The van der Waals surface area contributed by atoms with Gasteiger partial charge in [0, 0.05) is 12.2 Å². The number of carboxylic acids is 1. The summed E-state index contributed by atoms with van der Waals surface area (Å²) in [7, 11) is 0. The molecule has 0 radical (unpaired) electrons. The first kappa shape index (κ1) is 25.4.